The molecule has 612 valence electrons. The molecule has 30 N–H and O–H groups in total. The number of benzene rings is 1. The summed E-state index contributed by atoms with van der Waals surface area (Å²) in [5.74, 6) is -22.1. The van der Waals surface area contributed by atoms with Crippen molar-refractivity contribution in [3.8, 4) is 5.75 Å². The number of phenols is 1. The van der Waals surface area contributed by atoms with E-state index in [1.54, 1.807) is 0 Å². The van der Waals surface area contributed by atoms with E-state index in [0.717, 1.165) is 0 Å². The molecule has 0 aromatic heterocycles. The molecule has 15 amide bonds. The molecule has 0 heterocycles. The van der Waals surface area contributed by atoms with Crippen LogP contribution in [-0.4, -0.2) is 262 Å². The molecule has 0 aliphatic rings. The van der Waals surface area contributed by atoms with Crippen molar-refractivity contribution in [3.63, 3.8) is 0 Å². The fraction of sp³-hybridized carbons (Fsp3) is 0.636. The first kappa shape index (κ1) is 96.3. The van der Waals surface area contributed by atoms with E-state index < -0.39 is 249 Å². The van der Waals surface area contributed by atoms with Crippen LogP contribution in [0.25, 0.3) is 0 Å². The summed E-state index contributed by atoms with van der Waals surface area (Å²) in [6.45, 7) is 4.83. The lowest BCUT2D eigenvalue weighted by molar-refractivity contribution is -0.143. The van der Waals surface area contributed by atoms with Crippen molar-refractivity contribution < 1.29 is 117 Å². The van der Waals surface area contributed by atoms with Gasteiger partial charge in [0.1, 0.15) is 78.3 Å². The fourth-order valence-electron chi connectivity index (χ4n) is 10.0. The van der Waals surface area contributed by atoms with E-state index >= 15 is 0 Å². The smallest absolute Gasteiger partial charge is 0.326 e. The van der Waals surface area contributed by atoms with E-state index in [2.05, 4.69) is 63.8 Å². The third kappa shape index (κ3) is 37.6. The van der Waals surface area contributed by atoms with E-state index in [4.69, 9.17) is 33.8 Å². The van der Waals surface area contributed by atoms with Crippen LogP contribution in [0.3, 0.4) is 0 Å². The lowest BCUT2D eigenvalue weighted by atomic mass is 10.0. The minimum atomic E-state index is -2.07. The molecule has 0 aliphatic carbocycles. The molecule has 1 rings (SSSR count). The molecule has 0 saturated carbocycles. The SMILES string of the molecule is CC(C)[C@H](NC(=O)[C@H](C)NC(=O)[C@H](Cc1ccc(O)cc1)NC(=O)CNC(=O)[C@H](CC(N)=O)NC(=O)[C@H](CCCCN)NC(=O)[C@@H](N)CCCCN)C(=O)N[C@@H](CC(=O)O)C(=O)N[C@@H](CO)C(=O)N[C@@H](CO)C(=O)NCC(=O)N[C@@H](CCCCN)C(=O)N[C@H](C(=O)N[C@@H](C)C(=O)N[C@@H](CCC(=O)O)C(=O)O)C(C)C. The number of hydrogen-bond donors (Lipinski definition) is 25. The number of carboxylic acids is 3. The van der Waals surface area contributed by atoms with E-state index in [0.29, 0.717) is 44.2 Å². The van der Waals surface area contributed by atoms with Crippen LogP contribution in [0.5, 0.6) is 5.75 Å². The first-order valence-electron chi connectivity index (χ1n) is 35.2. The molecule has 1 aromatic carbocycles. The maximum absolute atomic E-state index is 14.0. The number of rotatable bonds is 54. The Balaban J connectivity index is 3.23. The van der Waals surface area contributed by atoms with Crippen LogP contribution in [0, 0.1) is 11.8 Å². The van der Waals surface area contributed by atoms with Gasteiger partial charge < -0.3 is 134 Å². The molecular weight excluding hydrogens is 1440 g/mol. The third-order valence-corrected chi connectivity index (χ3v) is 16.3. The standard InChI is InChI=1S/C66H109N19O24/c1-32(2)52(64(106)75-34(5)54(96)79-41(66(108)109)20-21-50(92)93)85-60(102)39(14-8-11-23-68)76-48(90)28-73-58(100)45(30-86)82-63(105)46(31-87)83-62(104)44(27-51(94)95)81-65(107)53(33(3)4)84-55(97)35(6)74-61(103)42(25-36-16-18-37(88)19-17-36)77-49(91)29-72-57(99)43(26-47(71)89)80-59(101)40(15-9-12-24-69)78-56(98)38(70)13-7-10-22-67/h16-19,32-35,38-46,52-53,86-88H,7-15,20-31,67-70H2,1-6H3,(H2,71,89)(H,72,99)(H,73,100)(H,74,103)(H,75,106)(H,76,90)(H,77,91)(H,78,98)(H,79,96)(H,80,101)(H,81,107)(H,82,105)(H,83,104)(H,84,97)(H,85,102)(H,92,93)(H,94,95)(H,108,109)/t34-,35-,38-,39-,40-,41-,42-,43-,44-,45-,46-,52-,53-/m0/s1. The van der Waals surface area contributed by atoms with Gasteiger partial charge in [-0.3, -0.25) is 81.5 Å². The molecule has 13 atom stereocenters. The Kier molecular flexibility index (Phi) is 44.8. The predicted molar refractivity (Wildman–Crippen MR) is 383 cm³/mol. The van der Waals surface area contributed by atoms with Crippen molar-refractivity contribution in [2.45, 2.75) is 210 Å². The topological polar surface area (TPSA) is 727 Å². The molecule has 0 bridgehead atoms. The largest absolute Gasteiger partial charge is 0.508 e. The molecule has 1 aromatic rings. The van der Waals surface area contributed by atoms with Crippen molar-refractivity contribution in [2.24, 2.45) is 40.5 Å². The van der Waals surface area contributed by atoms with Crippen molar-refractivity contribution in [1.82, 2.24) is 74.4 Å². The Hall–Kier alpha value is -10.8. The molecule has 0 spiro atoms. The van der Waals surface area contributed by atoms with Gasteiger partial charge in [-0.2, -0.15) is 0 Å². The number of primary amides is 1. The Bertz CT molecular complexity index is 3270. The molecule has 0 unspecified atom stereocenters. The zero-order valence-corrected chi connectivity index (χ0v) is 61.7. The summed E-state index contributed by atoms with van der Waals surface area (Å²) in [4.78, 5) is 236. The highest BCUT2D eigenvalue weighted by Crippen LogP contribution is 2.14. The summed E-state index contributed by atoms with van der Waals surface area (Å²) in [6, 6.07) is -15.1. The summed E-state index contributed by atoms with van der Waals surface area (Å²) >= 11 is 0. The normalized spacial score (nSPS) is 14.6. The molecule has 43 nitrogen and oxygen atoms in total. The fourth-order valence-corrected chi connectivity index (χ4v) is 10.0. The van der Waals surface area contributed by atoms with E-state index in [1.807, 2.05) is 10.6 Å². The Labute approximate surface area is 627 Å². The molecule has 43 heteroatoms. The number of aliphatic hydroxyl groups is 2. The van der Waals surface area contributed by atoms with Gasteiger partial charge in [0, 0.05) is 12.8 Å². The van der Waals surface area contributed by atoms with Crippen LogP contribution < -0.4 is 103 Å². The Morgan fingerprint density at radius 1 is 0.376 bits per heavy atom. The third-order valence-electron chi connectivity index (χ3n) is 16.3. The van der Waals surface area contributed by atoms with Gasteiger partial charge in [-0.15, -0.1) is 0 Å². The van der Waals surface area contributed by atoms with Gasteiger partial charge in [0.15, 0.2) is 0 Å². The van der Waals surface area contributed by atoms with Crippen LogP contribution in [0.1, 0.15) is 131 Å². The predicted octanol–water partition coefficient (Wildman–Crippen LogP) is -9.67. The summed E-state index contributed by atoms with van der Waals surface area (Å²) in [5, 5.41) is 90.5. The van der Waals surface area contributed by atoms with Crippen LogP contribution in [0.15, 0.2) is 24.3 Å². The van der Waals surface area contributed by atoms with Gasteiger partial charge in [0.2, 0.25) is 88.6 Å². The number of aliphatic hydroxyl groups excluding tert-OH is 2. The Morgan fingerprint density at radius 3 is 1.21 bits per heavy atom. The van der Waals surface area contributed by atoms with Crippen molar-refractivity contribution in [1.29, 1.82) is 0 Å². The number of carboxylic acid groups (broad SMARTS) is 3. The average Bonchev–Trinajstić information content (AvgIpc) is 0.818. The van der Waals surface area contributed by atoms with Crippen molar-refractivity contribution >= 4 is 107 Å². The van der Waals surface area contributed by atoms with Gasteiger partial charge in [0.25, 0.3) is 0 Å². The quantitative estimate of drug-likeness (QED) is 0.0269. The molecule has 0 aliphatic heterocycles. The average molecular weight is 1550 g/mol. The van der Waals surface area contributed by atoms with E-state index in [-0.39, 0.29) is 50.9 Å². The molecule has 0 fully saturated rings. The van der Waals surface area contributed by atoms with Gasteiger partial charge in [-0.05, 0) is 121 Å². The summed E-state index contributed by atoms with van der Waals surface area (Å²) in [5.41, 5.74) is 28.6. The van der Waals surface area contributed by atoms with Crippen molar-refractivity contribution in [2.75, 3.05) is 45.9 Å². The number of carbonyl (C=O) groups excluding carboxylic acids is 15. The Morgan fingerprint density at radius 2 is 0.743 bits per heavy atom. The highest BCUT2D eigenvalue weighted by atomic mass is 16.4. The van der Waals surface area contributed by atoms with E-state index in [9.17, 15) is 112 Å². The van der Waals surface area contributed by atoms with Gasteiger partial charge in [-0.1, -0.05) is 46.2 Å². The maximum Gasteiger partial charge on any atom is 0.326 e. The lowest BCUT2D eigenvalue weighted by Gasteiger charge is -2.27. The number of amides is 15. The molecular formula is C66H109N19O24. The number of aromatic hydroxyl groups is 1. The van der Waals surface area contributed by atoms with Crippen LogP contribution in [-0.2, 0) is 92.7 Å². The van der Waals surface area contributed by atoms with Gasteiger partial charge >= 0.3 is 17.9 Å². The van der Waals surface area contributed by atoms with Crippen LogP contribution >= 0.6 is 0 Å². The summed E-state index contributed by atoms with van der Waals surface area (Å²) in [6.07, 6.45) is -0.560. The second-order valence-electron chi connectivity index (χ2n) is 26.2. The minimum Gasteiger partial charge on any atom is -0.508 e. The number of unbranched alkanes of at least 4 members (excludes halogenated alkanes) is 3. The van der Waals surface area contributed by atoms with Crippen LogP contribution in [0.4, 0.5) is 0 Å². The van der Waals surface area contributed by atoms with Gasteiger partial charge in [-0.25, -0.2) is 4.79 Å². The first-order valence-corrected chi connectivity index (χ1v) is 35.2. The number of carbonyl (C=O) groups is 18. The second kappa shape index (κ2) is 50.7. The highest BCUT2D eigenvalue weighted by molar-refractivity contribution is 6.01. The van der Waals surface area contributed by atoms with Crippen molar-refractivity contribution in [3.05, 3.63) is 29.8 Å². The van der Waals surface area contributed by atoms with Gasteiger partial charge in [0.05, 0.1) is 45.2 Å². The molecule has 0 saturated heterocycles. The summed E-state index contributed by atoms with van der Waals surface area (Å²) in [7, 11) is 0. The number of aliphatic carboxylic acids is 3. The highest BCUT2D eigenvalue weighted by Gasteiger charge is 2.37. The second-order valence-corrected chi connectivity index (χ2v) is 26.2. The monoisotopic (exact) mass is 1550 g/mol. The molecule has 0 radical (unpaired) electrons. The van der Waals surface area contributed by atoms with Crippen LogP contribution in [0.2, 0.25) is 0 Å². The van der Waals surface area contributed by atoms with E-state index in [1.165, 1.54) is 65.8 Å². The summed E-state index contributed by atoms with van der Waals surface area (Å²) < 4.78 is 0. The minimum absolute atomic E-state index is 0.0500. The maximum atomic E-state index is 14.0. The number of nitrogens with two attached hydrogens (primary N) is 5. The zero-order chi connectivity index (χ0) is 82.8. The number of phenolic OH excluding ortho intramolecular Hbond substituents is 1. The zero-order valence-electron chi connectivity index (χ0n) is 61.7. The lowest BCUT2D eigenvalue weighted by Crippen LogP contribution is -2.61. The molecule has 109 heavy (non-hydrogen) atoms. The first-order chi connectivity index (χ1) is 51.2. The number of hydrogen-bond acceptors (Lipinski definition) is 25. The number of nitrogens with one attached hydrogen (secondary N) is 14.